The van der Waals surface area contributed by atoms with Crippen LogP contribution >= 0.6 is 0 Å². The highest BCUT2D eigenvalue weighted by molar-refractivity contribution is 5.91. The zero-order valence-corrected chi connectivity index (χ0v) is 24.4. The van der Waals surface area contributed by atoms with E-state index in [9.17, 15) is 14.4 Å². The Hall–Kier alpha value is -4.65. The Kier molecular flexibility index (Phi) is 11.7. The predicted molar refractivity (Wildman–Crippen MR) is 165 cm³/mol. The molecule has 1 heterocycles. The third kappa shape index (κ3) is 9.99. The monoisotopic (exact) mass is 582 g/mol. The number of benzene rings is 3. The molecule has 4 rings (SSSR count). The topological polar surface area (TPSA) is 88.1 Å². The van der Waals surface area contributed by atoms with Gasteiger partial charge in [0.15, 0.2) is 0 Å². The lowest BCUT2D eigenvalue weighted by molar-refractivity contribution is -0.139. The van der Waals surface area contributed by atoms with Gasteiger partial charge in [-0.1, -0.05) is 69.5 Å². The van der Waals surface area contributed by atoms with Gasteiger partial charge in [0.05, 0.1) is 12.2 Å². The summed E-state index contributed by atoms with van der Waals surface area (Å²) in [6, 6.07) is 21.3. The molecule has 1 aliphatic rings. The highest BCUT2D eigenvalue weighted by atomic mass is 16.6. The number of hydrogen-bond donors (Lipinski definition) is 0. The van der Waals surface area contributed by atoms with E-state index in [1.807, 2.05) is 24.3 Å². The molecule has 1 fully saturated rings. The maximum Gasteiger partial charge on any atom is 0.343 e. The largest absolute Gasteiger partial charge is 0.494 e. The average molecular weight is 583 g/mol. The van der Waals surface area contributed by atoms with E-state index < -0.39 is 11.9 Å². The fourth-order valence-electron chi connectivity index (χ4n) is 4.79. The molecule has 43 heavy (non-hydrogen) atoms. The van der Waals surface area contributed by atoms with Crippen LogP contribution in [0.1, 0.15) is 68.1 Å². The summed E-state index contributed by atoms with van der Waals surface area (Å²) in [6.07, 6.45) is 10.6. The highest BCUT2D eigenvalue weighted by Crippen LogP contribution is 2.26. The van der Waals surface area contributed by atoms with Crippen LogP contribution in [0.5, 0.6) is 17.2 Å². The van der Waals surface area contributed by atoms with Gasteiger partial charge in [0, 0.05) is 18.1 Å². The van der Waals surface area contributed by atoms with E-state index in [0.29, 0.717) is 35.7 Å². The molecule has 0 aromatic heterocycles. The van der Waals surface area contributed by atoms with Gasteiger partial charge >= 0.3 is 17.9 Å². The standard InChI is InChI=1S/C36H38O7/c1-3-34(37)41-31-20-12-27(13-21-31)28-14-22-32(23-15-28)42-36(39)29-16-18-30(19-17-29)40-24-10-8-6-4-5-7-9-11-33-25-26(2)35(38)43-33/h3,12-23,33H,1-2,4-11,24-25H2. The lowest BCUT2D eigenvalue weighted by atomic mass is 10.0. The van der Waals surface area contributed by atoms with Gasteiger partial charge in [-0.3, -0.25) is 0 Å². The zero-order chi connectivity index (χ0) is 30.4. The van der Waals surface area contributed by atoms with E-state index in [1.54, 1.807) is 48.5 Å². The summed E-state index contributed by atoms with van der Waals surface area (Å²) in [4.78, 5) is 35.3. The van der Waals surface area contributed by atoms with E-state index in [2.05, 4.69) is 13.2 Å². The van der Waals surface area contributed by atoms with E-state index >= 15 is 0 Å². The number of ether oxygens (including phenoxy) is 4. The third-order valence-electron chi connectivity index (χ3n) is 7.20. The first-order valence-corrected chi connectivity index (χ1v) is 14.8. The molecule has 0 spiro atoms. The molecule has 3 aromatic carbocycles. The molecule has 0 aliphatic carbocycles. The van der Waals surface area contributed by atoms with Crippen molar-refractivity contribution < 1.29 is 33.3 Å². The molecule has 7 heteroatoms. The second-order valence-electron chi connectivity index (χ2n) is 10.5. The van der Waals surface area contributed by atoms with Gasteiger partial charge in [0.2, 0.25) is 0 Å². The average Bonchev–Trinajstić information content (AvgIpc) is 3.35. The molecule has 7 nitrogen and oxygen atoms in total. The van der Waals surface area contributed by atoms with Gasteiger partial charge in [-0.15, -0.1) is 0 Å². The van der Waals surface area contributed by atoms with Crippen LogP contribution in [0.25, 0.3) is 11.1 Å². The molecule has 1 atom stereocenters. The summed E-state index contributed by atoms with van der Waals surface area (Å²) >= 11 is 0. The SMILES string of the molecule is C=CC(=O)Oc1ccc(-c2ccc(OC(=O)c3ccc(OCCCCCCCCCC4CC(=C)C(=O)O4)cc3)cc2)cc1. The van der Waals surface area contributed by atoms with Gasteiger partial charge in [0.25, 0.3) is 0 Å². The first-order chi connectivity index (χ1) is 20.9. The lowest BCUT2D eigenvalue weighted by Crippen LogP contribution is -2.08. The molecule has 0 amide bonds. The van der Waals surface area contributed by atoms with Crippen LogP contribution in [-0.2, 0) is 14.3 Å². The maximum atomic E-state index is 12.6. The number of rotatable bonds is 16. The smallest absolute Gasteiger partial charge is 0.343 e. The van der Waals surface area contributed by atoms with Gasteiger partial charge in [-0.25, -0.2) is 14.4 Å². The minimum absolute atomic E-state index is 0.0326. The van der Waals surface area contributed by atoms with E-state index in [1.165, 1.54) is 19.3 Å². The lowest BCUT2D eigenvalue weighted by Gasteiger charge is -2.09. The molecule has 3 aromatic rings. The second-order valence-corrected chi connectivity index (χ2v) is 10.5. The quantitative estimate of drug-likeness (QED) is 0.0731. The number of hydrogen-bond acceptors (Lipinski definition) is 7. The summed E-state index contributed by atoms with van der Waals surface area (Å²) < 4.78 is 21.7. The highest BCUT2D eigenvalue weighted by Gasteiger charge is 2.26. The number of cyclic esters (lactones) is 1. The third-order valence-corrected chi connectivity index (χ3v) is 7.20. The molecule has 1 unspecified atom stereocenters. The number of unbranched alkanes of at least 4 members (excludes halogenated alkanes) is 6. The molecule has 1 aliphatic heterocycles. The van der Waals surface area contributed by atoms with Crippen molar-refractivity contribution in [2.24, 2.45) is 0 Å². The van der Waals surface area contributed by atoms with Crippen LogP contribution in [0.4, 0.5) is 0 Å². The summed E-state index contributed by atoms with van der Waals surface area (Å²) in [5, 5.41) is 0. The van der Waals surface area contributed by atoms with Crippen molar-refractivity contribution in [3.05, 3.63) is 103 Å². The molecule has 1 saturated heterocycles. The van der Waals surface area contributed by atoms with Crippen LogP contribution in [0.2, 0.25) is 0 Å². The summed E-state index contributed by atoms with van der Waals surface area (Å²) in [6.45, 7) is 7.75. The van der Waals surface area contributed by atoms with Gasteiger partial charge in [0.1, 0.15) is 23.4 Å². The summed E-state index contributed by atoms with van der Waals surface area (Å²) in [5.74, 6) is 0.417. The van der Waals surface area contributed by atoms with E-state index in [-0.39, 0.29) is 12.1 Å². The van der Waals surface area contributed by atoms with Crippen LogP contribution in [-0.4, -0.2) is 30.6 Å². The Balaban J connectivity index is 1.09. The van der Waals surface area contributed by atoms with E-state index in [0.717, 1.165) is 55.1 Å². The fraction of sp³-hybridized carbons (Fsp3) is 0.306. The molecule has 0 N–H and O–H groups in total. The minimum Gasteiger partial charge on any atom is -0.494 e. The Morgan fingerprint density at radius 3 is 1.84 bits per heavy atom. The van der Waals surface area contributed by atoms with Crippen molar-refractivity contribution >= 4 is 17.9 Å². The number of carbonyl (C=O) groups is 3. The van der Waals surface area contributed by atoms with Crippen LogP contribution < -0.4 is 14.2 Å². The fourth-order valence-corrected chi connectivity index (χ4v) is 4.79. The van der Waals surface area contributed by atoms with Crippen LogP contribution in [0.15, 0.2) is 97.6 Å². The maximum absolute atomic E-state index is 12.6. The van der Waals surface area contributed by atoms with Crippen LogP contribution in [0.3, 0.4) is 0 Å². The van der Waals surface area contributed by atoms with Crippen LogP contribution in [0, 0.1) is 0 Å². The Labute approximate surface area is 253 Å². The molecule has 224 valence electrons. The van der Waals surface area contributed by atoms with E-state index in [4.69, 9.17) is 18.9 Å². The van der Waals surface area contributed by atoms with Gasteiger partial charge in [-0.2, -0.15) is 0 Å². The molecule has 0 radical (unpaired) electrons. The van der Waals surface area contributed by atoms with Crippen molar-refractivity contribution in [1.82, 2.24) is 0 Å². The number of esters is 3. The predicted octanol–water partition coefficient (Wildman–Crippen LogP) is 8.04. The number of carbonyl (C=O) groups excluding carboxylic acids is 3. The molecule has 0 saturated carbocycles. The molecule has 0 bridgehead atoms. The molecular weight excluding hydrogens is 544 g/mol. The van der Waals surface area contributed by atoms with Crippen molar-refractivity contribution in [1.29, 1.82) is 0 Å². The minimum atomic E-state index is -0.509. The van der Waals surface area contributed by atoms with Gasteiger partial charge < -0.3 is 18.9 Å². The first kappa shape index (κ1) is 31.3. The van der Waals surface area contributed by atoms with Crippen molar-refractivity contribution in [2.75, 3.05) is 6.61 Å². The van der Waals surface area contributed by atoms with Crippen molar-refractivity contribution in [3.63, 3.8) is 0 Å². The summed E-state index contributed by atoms with van der Waals surface area (Å²) in [5.41, 5.74) is 2.90. The Morgan fingerprint density at radius 1 is 0.744 bits per heavy atom. The molecular formula is C36H38O7. The normalized spacial score (nSPS) is 14.2. The zero-order valence-electron chi connectivity index (χ0n) is 24.4. The second kappa shape index (κ2) is 16.1. The first-order valence-electron chi connectivity index (χ1n) is 14.8. The van der Waals surface area contributed by atoms with Crippen molar-refractivity contribution in [2.45, 2.75) is 63.9 Å². The van der Waals surface area contributed by atoms with Crippen molar-refractivity contribution in [3.8, 4) is 28.4 Å². The van der Waals surface area contributed by atoms with Gasteiger partial charge in [-0.05, 0) is 78.9 Å². The Morgan fingerprint density at radius 2 is 1.28 bits per heavy atom. The Bertz CT molecular complexity index is 1370. The summed E-state index contributed by atoms with van der Waals surface area (Å²) in [7, 11) is 0.